The van der Waals surface area contributed by atoms with Crippen molar-refractivity contribution >= 4 is 17.5 Å². The van der Waals surface area contributed by atoms with Gasteiger partial charge in [0.2, 0.25) is 11.8 Å². The Bertz CT molecular complexity index is 982. The van der Waals surface area contributed by atoms with Gasteiger partial charge in [0.25, 0.3) is 0 Å². The lowest BCUT2D eigenvalue weighted by Crippen LogP contribution is -2.39. The maximum absolute atomic E-state index is 12.8. The van der Waals surface area contributed by atoms with Gasteiger partial charge in [-0.2, -0.15) is 5.10 Å². The standard InChI is InChI=1S/C24H35N5O2/c1-5-23(30)28-13-7-9-21(28)20-14-22-25-17(3)19(18(4)29(22)26-20)10-11-24(31)27-12-6-8-16(2)15-27/h14,16,21H,5-13,15H2,1-4H3. The largest absolute Gasteiger partial charge is 0.342 e. The van der Waals surface area contributed by atoms with Crippen molar-refractivity contribution < 1.29 is 9.59 Å². The zero-order valence-corrected chi connectivity index (χ0v) is 19.4. The maximum Gasteiger partial charge on any atom is 0.222 e. The van der Waals surface area contributed by atoms with E-state index in [4.69, 9.17) is 10.1 Å². The Hall–Kier alpha value is -2.44. The van der Waals surface area contributed by atoms with Gasteiger partial charge in [0.15, 0.2) is 5.65 Å². The summed E-state index contributed by atoms with van der Waals surface area (Å²) >= 11 is 0. The molecule has 2 atom stereocenters. The van der Waals surface area contributed by atoms with Crippen molar-refractivity contribution in [2.24, 2.45) is 5.92 Å². The van der Waals surface area contributed by atoms with Gasteiger partial charge in [-0.25, -0.2) is 9.50 Å². The van der Waals surface area contributed by atoms with Gasteiger partial charge in [0, 0.05) is 49.9 Å². The third-order valence-electron chi connectivity index (χ3n) is 7.00. The van der Waals surface area contributed by atoms with E-state index in [0.717, 1.165) is 67.2 Å². The number of amides is 2. The highest BCUT2D eigenvalue weighted by molar-refractivity contribution is 5.77. The molecular weight excluding hydrogens is 390 g/mol. The van der Waals surface area contributed by atoms with Crippen molar-refractivity contribution in [3.8, 4) is 0 Å². The fourth-order valence-electron chi connectivity index (χ4n) is 5.25. The van der Waals surface area contributed by atoms with E-state index >= 15 is 0 Å². The first-order chi connectivity index (χ1) is 14.9. The van der Waals surface area contributed by atoms with E-state index in [9.17, 15) is 9.59 Å². The summed E-state index contributed by atoms with van der Waals surface area (Å²) in [4.78, 5) is 33.9. The minimum Gasteiger partial charge on any atom is -0.342 e. The van der Waals surface area contributed by atoms with Crippen LogP contribution in [0.1, 0.15) is 81.1 Å². The quantitative estimate of drug-likeness (QED) is 0.734. The van der Waals surface area contributed by atoms with Crippen LogP contribution in [0.15, 0.2) is 6.07 Å². The van der Waals surface area contributed by atoms with Crippen LogP contribution in [0.5, 0.6) is 0 Å². The predicted octanol–water partition coefficient (Wildman–Crippen LogP) is 3.61. The van der Waals surface area contributed by atoms with Gasteiger partial charge < -0.3 is 9.80 Å². The molecule has 0 radical (unpaired) electrons. The molecule has 0 spiro atoms. The van der Waals surface area contributed by atoms with Crippen molar-refractivity contribution in [3.63, 3.8) is 0 Å². The van der Waals surface area contributed by atoms with E-state index in [2.05, 4.69) is 13.8 Å². The number of likely N-dealkylation sites (tertiary alicyclic amines) is 2. The molecule has 0 aliphatic carbocycles. The molecule has 0 aromatic carbocycles. The number of rotatable bonds is 5. The molecule has 0 N–H and O–H groups in total. The number of nitrogens with zero attached hydrogens (tertiary/aromatic N) is 5. The summed E-state index contributed by atoms with van der Waals surface area (Å²) in [7, 11) is 0. The van der Waals surface area contributed by atoms with Gasteiger partial charge in [0.05, 0.1) is 11.7 Å². The van der Waals surface area contributed by atoms with E-state index < -0.39 is 0 Å². The molecule has 7 heteroatoms. The molecule has 4 rings (SSSR count). The molecule has 2 fully saturated rings. The topological polar surface area (TPSA) is 70.8 Å². The fraction of sp³-hybridized carbons (Fsp3) is 0.667. The Kier molecular flexibility index (Phi) is 6.30. The average molecular weight is 426 g/mol. The van der Waals surface area contributed by atoms with Crippen LogP contribution in [0.25, 0.3) is 5.65 Å². The normalized spacial score (nSPS) is 21.8. The molecule has 168 valence electrons. The van der Waals surface area contributed by atoms with Crippen LogP contribution in [0.4, 0.5) is 0 Å². The van der Waals surface area contributed by atoms with Gasteiger partial charge in [-0.15, -0.1) is 0 Å². The van der Waals surface area contributed by atoms with Crippen LogP contribution >= 0.6 is 0 Å². The van der Waals surface area contributed by atoms with Crippen LogP contribution in [0, 0.1) is 19.8 Å². The van der Waals surface area contributed by atoms with E-state index in [1.807, 2.05) is 34.2 Å². The van der Waals surface area contributed by atoms with Gasteiger partial charge in [0.1, 0.15) is 0 Å². The fourth-order valence-corrected chi connectivity index (χ4v) is 5.25. The SMILES string of the molecule is CCC(=O)N1CCCC1c1cc2nc(C)c(CCC(=O)N3CCCC(C)C3)c(C)n2n1. The smallest absolute Gasteiger partial charge is 0.222 e. The molecule has 2 aliphatic rings. The summed E-state index contributed by atoms with van der Waals surface area (Å²) in [6.45, 7) is 10.8. The molecule has 2 amide bonds. The minimum absolute atomic E-state index is 0.0416. The molecule has 2 saturated heterocycles. The number of carbonyl (C=O) groups is 2. The van der Waals surface area contributed by atoms with Crippen LogP contribution in [-0.4, -0.2) is 55.8 Å². The molecule has 0 saturated carbocycles. The van der Waals surface area contributed by atoms with Gasteiger partial charge in [-0.05, 0) is 57.4 Å². The van der Waals surface area contributed by atoms with Crippen LogP contribution < -0.4 is 0 Å². The molecule has 2 unspecified atom stereocenters. The first-order valence-electron chi connectivity index (χ1n) is 11.8. The number of piperidine rings is 1. The summed E-state index contributed by atoms with van der Waals surface area (Å²) in [6, 6.07) is 2.07. The van der Waals surface area contributed by atoms with Crippen LogP contribution in [0.3, 0.4) is 0 Å². The van der Waals surface area contributed by atoms with Gasteiger partial charge in [-0.1, -0.05) is 13.8 Å². The Morgan fingerprint density at radius 3 is 2.65 bits per heavy atom. The highest BCUT2D eigenvalue weighted by Crippen LogP contribution is 2.32. The predicted molar refractivity (Wildman–Crippen MR) is 120 cm³/mol. The monoisotopic (exact) mass is 425 g/mol. The lowest BCUT2D eigenvalue weighted by molar-refractivity contribution is -0.133. The van der Waals surface area contributed by atoms with Crippen molar-refractivity contribution in [2.75, 3.05) is 19.6 Å². The molecular formula is C24H35N5O2. The van der Waals surface area contributed by atoms with E-state index in [1.165, 1.54) is 6.42 Å². The van der Waals surface area contributed by atoms with Crippen molar-refractivity contribution in [1.82, 2.24) is 24.4 Å². The zero-order valence-electron chi connectivity index (χ0n) is 19.4. The Labute approximate surface area is 184 Å². The summed E-state index contributed by atoms with van der Waals surface area (Å²) in [5.41, 5.74) is 4.85. The second kappa shape index (κ2) is 8.97. The number of aromatic nitrogens is 3. The lowest BCUT2D eigenvalue weighted by atomic mass is 9.99. The second-order valence-corrected chi connectivity index (χ2v) is 9.29. The Balaban J connectivity index is 1.54. The molecule has 7 nitrogen and oxygen atoms in total. The third kappa shape index (κ3) is 4.32. The van der Waals surface area contributed by atoms with Crippen molar-refractivity contribution in [3.05, 3.63) is 28.7 Å². The zero-order chi connectivity index (χ0) is 22.1. The summed E-state index contributed by atoms with van der Waals surface area (Å²) < 4.78 is 1.90. The second-order valence-electron chi connectivity index (χ2n) is 9.29. The van der Waals surface area contributed by atoms with Gasteiger partial charge >= 0.3 is 0 Å². The third-order valence-corrected chi connectivity index (χ3v) is 7.00. The average Bonchev–Trinajstić information content (AvgIpc) is 3.40. The maximum atomic E-state index is 12.8. The number of fused-ring (bicyclic) bond motifs is 1. The first-order valence-corrected chi connectivity index (χ1v) is 11.8. The number of hydrogen-bond acceptors (Lipinski definition) is 4. The number of hydrogen-bond donors (Lipinski definition) is 0. The molecule has 0 bridgehead atoms. The van der Waals surface area contributed by atoms with E-state index in [1.54, 1.807) is 0 Å². The molecule has 2 aromatic heterocycles. The summed E-state index contributed by atoms with van der Waals surface area (Å²) in [5.74, 6) is 1.02. The van der Waals surface area contributed by atoms with E-state index in [0.29, 0.717) is 25.2 Å². The molecule has 31 heavy (non-hydrogen) atoms. The van der Waals surface area contributed by atoms with Crippen molar-refractivity contribution in [1.29, 1.82) is 0 Å². The highest BCUT2D eigenvalue weighted by atomic mass is 16.2. The summed E-state index contributed by atoms with van der Waals surface area (Å²) in [6.07, 6.45) is 6.00. The van der Waals surface area contributed by atoms with Crippen LogP contribution in [-0.2, 0) is 16.0 Å². The number of carbonyl (C=O) groups excluding carboxylic acids is 2. The first kappa shape index (κ1) is 21.8. The van der Waals surface area contributed by atoms with Crippen LogP contribution in [0.2, 0.25) is 0 Å². The lowest BCUT2D eigenvalue weighted by Gasteiger charge is -2.31. The van der Waals surface area contributed by atoms with Gasteiger partial charge in [-0.3, -0.25) is 9.59 Å². The molecule has 4 heterocycles. The van der Waals surface area contributed by atoms with E-state index in [-0.39, 0.29) is 17.9 Å². The molecule has 2 aromatic rings. The Morgan fingerprint density at radius 1 is 1.13 bits per heavy atom. The number of aryl methyl sites for hydroxylation is 2. The van der Waals surface area contributed by atoms with Crippen molar-refractivity contribution in [2.45, 2.75) is 78.7 Å². The summed E-state index contributed by atoms with van der Waals surface area (Å²) in [5, 5.41) is 4.85. The Morgan fingerprint density at radius 2 is 1.90 bits per heavy atom. The highest BCUT2D eigenvalue weighted by Gasteiger charge is 2.31. The minimum atomic E-state index is 0.0416. The molecule has 2 aliphatic heterocycles.